The quantitative estimate of drug-likeness (QED) is 0.320. The number of hydrogen-bond acceptors (Lipinski definition) is 3. The van der Waals surface area contributed by atoms with Crippen molar-refractivity contribution in [3.63, 3.8) is 0 Å². The molecule has 0 atom stereocenters. The molecule has 9 heteroatoms. The number of hydrogen-bond donors (Lipinski definition) is 2. The number of benzene rings is 2. The van der Waals surface area contributed by atoms with Crippen molar-refractivity contribution in [2.75, 3.05) is 21.1 Å². The molecule has 27 heavy (non-hydrogen) atoms. The minimum atomic E-state index is -3.41. The minimum Gasteiger partial charge on any atom is -0.352 e. The van der Waals surface area contributed by atoms with Gasteiger partial charge in [-0.2, -0.15) is 0 Å². The van der Waals surface area contributed by atoms with E-state index in [1.165, 1.54) is 12.6 Å². The van der Waals surface area contributed by atoms with Crippen LogP contribution < -0.4 is 10.0 Å². The summed E-state index contributed by atoms with van der Waals surface area (Å²) >= 11 is 3.56. The smallest absolute Gasteiger partial charge is 0.240 e. The predicted octanol–water partition coefficient (Wildman–Crippen LogP) is 3.18. The first-order chi connectivity index (χ1) is 12.4. The molecular weight excluding hydrogens is 543 g/mol. The molecule has 0 aliphatic carbocycles. The van der Waals surface area contributed by atoms with Crippen molar-refractivity contribution < 1.29 is 8.42 Å². The number of sulfonamides is 1. The molecule has 0 radical (unpaired) electrons. The molecule has 0 saturated carbocycles. The van der Waals surface area contributed by atoms with Gasteiger partial charge in [0.2, 0.25) is 10.0 Å². The first-order valence-corrected chi connectivity index (χ1v) is 10.3. The van der Waals surface area contributed by atoms with Crippen LogP contribution in [0.1, 0.15) is 11.1 Å². The second-order valence-electron chi connectivity index (χ2n) is 5.70. The zero-order chi connectivity index (χ0) is 19.2. The highest BCUT2D eigenvalue weighted by Crippen LogP contribution is 2.17. The van der Waals surface area contributed by atoms with E-state index in [0.717, 1.165) is 16.0 Å². The number of nitrogens with one attached hydrogen (secondary N) is 2. The molecule has 2 N–H and O–H groups in total. The molecule has 0 amide bonds. The molecule has 0 bridgehead atoms. The fraction of sp³-hybridized carbons (Fsp3) is 0.278. The Bertz CT molecular complexity index is 873. The Morgan fingerprint density at radius 1 is 1.15 bits per heavy atom. The van der Waals surface area contributed by atoms with Gasteiger partial charge in [-0.3, -0.25) is 4.99 Å². The third-order valence-corrected chi connectivity index (χ3v) is 6.10. The van der Waals surface area contributed by atoms with E-state index >= 15 is 0 Å². The zero-order valence-corrected chi connectivity index (χ0v) is 20.2. The lowest BCUT2D eigenvalue weighted by Gasteiger charge is -2.22. The van der Waals surface area contributed by atoms with Crippen LogP contribution >= 0.6 is 39.9 Å². The number of aliphatic imine (C=N–C) groups is 1. The average Bonchev–Trinajstić information content (AvgIpc) is 2.64. The molecule has 0 heterocycles. The molecule has 2 rings (SSSR count). The van der Waals surface area contributed by atoms with Crippen molar-refractivity contribution in [1.82, 2.24) is 14.9 Å². The fourth-order valence-corrected chi connectivity index (χ4v) is 3.57. The molecule has 0 unspecified atom stereocenters. The van der Waals surface area contributed by atoms with Crippen LogP contribution in [0.3, 0.4) is 0 Å². The summed E-state index contributed by atoms with van der Waals surface area (Å²) in [6, 6.07) is 14.8. The van der Waals surface area contributed by atoms with E-state index in [0.29, 0.717) is 13.1 Å². The largest absolute Gasteiger partial charge is 0.352 e. The number of nitrogens with zero attached hydrogens (tertiary/aromatic N) is 2. The van der Waals surface area contributed by atoms with Crippen LogP contribution in [0.2, 0.25) is 0 Å². The van der Waals surface area contributed by atoms with E-state index in [1.54, 1.807) is 31.3 Å². The summed E-state index contributed by atoms with van der Waals surface area (Å²) in [5, 5.41) is 3.29. The summed E-state index contributed by atoms with van der Waals surface area (Å²) in [4.78, 5) is 6.59. The van der Waals surface area contributed by atoms with Gasteiger partial charge < -0.3 is 10.2 Å². The molecule has 0 aliphatic rings. The van der Waals surface area contributed by atoms with Gasteiger partial charge in [0, 0.05) is 31.7 Å². The third kappa shape index (κ3) is 6.74. The van der Waals surface area contributed by atoms with E-state index < -0.39 is 10.0 Å². The fourth-order valence-electron chi connectivity index (χ4n) is 2.43. The molecular formula is C18H24BrIN4O2S. The van der Waals surface area contributed by atoms with Crippen LogP contribution in [-0.4, -0.2) is 40.4 Å². The van der Waals surface area contributed by atoms with Gasteiger partial charge in [0.25, 0.3) is 0 Å². The van der Waals surface area contributed by atoms with E-state index in [2.05, 4.69) is 37.0 Å². The Balaban J connectivity index is 0.00000364. The van der Waals surface area contributed by atoms with Gasteiger partial charge in [-0.1, -0.05) is 46.3 Å². The second-order valence-corrected chi connectivity index (χ2v) is 8.44. The Morgan fingerprint density at radius 2 is 1.78 bits per heavy atom. The van der Waals surface area contributed by atoms with Crippen molar-refractivity contribution in [1.29, 1.82) is 0 Å². The maximum absolute atomic E-state index is 11.8. The molecule has 6 nitrogen and oxygen atoms in total. The number of halogens is 2. The summed E-state index contributed by atoms with van der Waals surface area (Å²) in [5.41, 5.74) is 2.13. The molecule has 0 fully saturated rings. The van der Waals surface area contributed by atoms with Gasteiger partial charge in [0.05, 0.1) is 4.90 Å². The van der Waals surface area contributed by atoms with Crippen molar-refractivity contribution in [2.24, 2.45) is 4.99 Å². The molecule has 148 valence electrons. The highest BCUT2D eigenvalue weighted by atomic mass is 127. The normalized spacial score (nSPS) is 11.6. The Kier molecular flexibility index (Phi) is 9.71. The molecule has 0 saturated heterocycles. The van der Waals surface area contributed by atoms with Crippen molar-refractivity contribution in [3.05, 3.63) is 64.1 Å². The topological polar surface area (TPSA) is 73.8 Å². The molecule has 0 aromatic heterocycles. The van der Waals surface area contributed by atoms with Gasteiger partial charge in [0.15, 0.2) is 5.96 Å². The Morgan fingerprint density at radius 3 is 2.33 bits per heavy atom. The van der Waals surface area contributed by atoms with E-state index in [-0.39, 0.29) is 28.9 Å². The van der Waals surface area contributed by atoms with Gasteiger partial charge in [-0.25, -0.2) is 13.1 Å². The summed E-state index contributed by atoms with van der Waals surface area (Å²) in [6.07, 6.45) is 0. The van der Waals surface area contributed by atoms with Crippen LogP contribution in [0.15, 0.2) is 62.9 Å². The maximum Gasteiger partial charge on any atom is 0.240 e. The maximum atomic E-state index is 11.8. The SMILES string of the molecule is CN=C(NCc1ccc(S(=O)(=O)NC)cc1)N(C)Cc1ccccc1Br.I. The predicted molar refractivity (Wildman–Crippen MR) is 124 cm³/mol. The van der Waals surface area contributed by atoms with Crippen molar-refractivity contribution >= 4 is 55.9 Å². The minimum absolute atomic E-state index is 0. The number of guanidine groups is 1. The lowest BCUT2D eigenvalue weighted by molar-refractivity contribution is 0.475. The Hall–Kier alpha value is -1.17. The summed E-state index contributed by atoms with van der Waals surface area (Å²) in [5.74, 6) is 0.757. The highest BCUT2D eigenvalue weighted by molar-refractivity contribution is 14.0. The summed E-state index contributed by atoms with van der Waals surface area (Å²) in [6.45, 7) is 1.26. The van der Waals surface area contributed by atoms with E-state index in [1.807, 2.05) is 30.1 Å². The van der Waals surface area contributed by atoms with Crippen LogP contribution in [0, 0.1) is 0 Å². The first-order valence-electron chi connectivity index (χ1n) is 8.05. The molecule has 2 aromatic carbocycles. The van der Waals surface area contributed by atoms with Gasteiger partial charge in [-0.15, -0.1) is 24.0 Å². The van der Waals surface area contributed by atoms with Crippen LogP contribution in [0.25, 0.3) is 0 Å². The van der Waals surface area contributed by atoms with Crippen LogP contribution in [-0.2, 0) is 23.1 Å². The van der Waals surface area contributed by atoms with E-state index in [4.69, 9.17) is 0 Å². The van der Waals surface area contributed by atoms with Gasteiger partial charge >= 0.3 is 0 Å². The second kappa shape index (κ2) is 11.0. The highest BCUT2D eigenvalue weighted by Gasteiger charge is 2.11. The van der Waals surface area contributed by atoms with Crippen molar-refractivity contribution in [3.8, 4) is 0 Å². The van der Waals surface area contributed by atoms with Crippen LogP contribution in [0.5, 0.6) is 0 Å². The monoisotopic (exact) mass is 566 g/mol. The molecule has 2 aromatic rings. The molecule has 0 aliphatic heterocycles. The van der Waals surface area contributed by atoms with Gasteiger partial charge in [0.1, 0.15) is 0 Å². The lowest BCUT2D eigenvalue weighted by Crippen LogP contribution is -2.38. The van der Waals surface area contributed by atoms with Crippen molar-refractivity contribution in [2.45, 2.75) is 18.0 Å². The number of rotatable bonds is 6. The zero-order valence-electron chi connectivity index (χ0n) is 15.4. The average molecular weight is 567 g/mol. The Labute approximate surface area is 186 Å². The summed E-state index contributed by atoms with van der Waals surface area (Å²) < 4.78 is 26.9. The van der Waals surface area contributed by atoms with Crippen LogP contribution in [0.4, 0.5) is 0 Å². The lowest BCUT2D eigenvalue weighted by atomic mass is 10.2. The molecule has 0 spiro atoms. The standard InChI is InChI=1S/C18H23BrN4O2S.HI/c1-20-18(23(3)13-15-6-4-5-7-17(15)19)22-12-14-8-10-16(11-9-14)26(24,25)21-2;/h4-11,21H,12-13H2,1-3H3,(H,20,22);1H. The third-order valence-electron chi connectivity index (χ3n) is 3.89. The van der Waals surface area contributed by atoms with E-state index in [9.17, 15) is 8.42 Å². The summed E-state index contributed by atoms with van der Waals surface area (Å²) in [7, 11) is 1.70. The first kappa shape index (κ1) is 23.9. The van der Waals surface area contributed by atoms with Gasteiger partial charge in [-0.05, 0) is 36.4 Å².